The van der Waals surface area contributed by atoms with Crippen LogP contribution in [0.4, 0.5) is 11.5 Å². The first-order chi connectivity index (χ1) is 15.3. The molecule has 31 heavy (non-hydrogen) atoms. The van der Waals surface area contributed by atoms with Crippen LogP contribution < -0.4 is 10.2 Å². The fourth-order valence-corrected chi connectivity index (χ4v) is 4.20. The molecule has 1 saturated heterocycles. The van der Waals surface area contributed by atoms with Crippen LogP contribution in [-0.4, -0.2) is 29.2 Å². The van der Waals surface area contributed by atoms with E-state index < -0.39 is 0 Å². The van der Waals surface area contributed by atoms with Crippen LogP contribution in [-0.2, 0) is 4.79 Å². The molecular weight excluding hydrogens is 384 g/mol. The second-order valence-corrected chi connectivity index (χ2v) is 7.92. The minimum absolute atomic E-state index is 0.00627. The highest BCUT2D eigenvalue weighted by atomic mass is 16.1. The normalized spacial score (nSPS) is 14.5. The largest absolute Gasteiger partial charge is 0.355 e. The van der Waals surface area contributed by atoms with E-state index >= 15 is 0 Å². The topological polar surface area (TPSA) is 58.1 Å². The molecule has 1 aliphatic heterocycles. The quantitative estimate of drug-likeness (QED) is 0.507. The highest BCUT2D eigenvalue weighted by molar-refractivity contribution is 6.02. The second-order valence-electron chi connectivity index (χ2n) is 7.92. The number of carbonyl (C=O) groups excluding carboxylic acids is 1. The molecule has 1 aromatic heterocycles. The van der Waals surface area contributed by atoms with Gasteiger partial charge in [-0.1, -0.05) is 66.7 Å². The Bertz CT molecular complexity index is 1180. The van der Waals surface area contributed by atoms with Crippen molar-refractivity contribution < 1.29 is 4.79 Å². The van der Waals surface area contributed by atoms with E-state index in [-0.39, 0.29) is 11.8 Å². The van der Waals surface area contributed by atoms with Crippen molar-refractivity contribution >= 4 is 28.2 Å². The number of hydrogen-bond donors (Lipinski definition) is 1. The Kier molecular flexibility index (Phi) is 5.31. The number of benzene rings is 3. The van der Waals surface area contributed by atoms with Crippen molar-refractivity contribution in [2.45, 2.75) is 12.8 Å². The van der Waals surface area contributed by atoms with Gasteiger partial charge in [-0.3, -0.25) is 4.79 Å². The summed E-state index contributed by atoms with van der Waals surface area (Å²) < 4.78 is 0. The first-order valence-corrected chi connectivity index (χ1v) is 10.7. The summed E-state index contributed by atoms with van der Waals surface area (Å²) in [6.07, 6.45) is 1.61. The average molecular weight is 409 g/mol. The SMILES string of the molecule is O=C(Nc1cccc2ccccc12)C1CCN(c2ccc(-c3ccccc3)nn2)CC1. The molecule has 0 radical (unpaired) electrons. The van der Waals surface area contributed by atoms with Gasteiger partial charge in [0.2, 0.25) is 5.91 Å². The van der Waals surface area contributed by atoms with Crippen LogP contribution in [0.15, 0.2) is 84.9 Å². The minimum atomic E-state index is 0.00627. The number of anilines is 2. The summed E-state index contributed by atoms with van der Waals surface area (Å²) in [6, 6.07) is 28.2. The molecule has 3 aromatic carbocycles. The Morgan fingerprint density at radius 2 is 1.55 bits per heavy atom. The lowest BCUT2D eigenvalue weighted by Gasteiger charge is -2.31. The van der Waals surface area contributed by atoms with E-state index in [2.05, 4.69) is 32.5 Å². The second kappa shape index (κ2) is 8.56. The monoisotopic (exact) mass is 408 g/mol. The van der Waals surface area contributed by atoms with Gasteiger partial charge in [-0.25, -0.2) is 0 Å². The first-order valence-electron chi connectivity index (χ1n) is 10.7. The van der Waals surface area contributed by atoms with Crippen LogP contribution in [0.5, 0.6) is 0 Å². The van der Waals surface area contributed by atoms with E-state index in [9.17, 15) is 4.79 Å². The average Bonchev–Trinajstić information content (AvgIpc) is 2.85. The zero-order valence-corrected chi connectivity index (χ0v) is 17.2. The third-order valence-electron chi connectivity index (χ3n) is 5.96. The Hall–Kier alpha value is -3.73. The molecule has 1 amide bonds. The van der Waals surface area contributed by atoms with Crippen LogP contribution in [0.1, 0.15) is 12.8 Å². The molecule has 0 saturated carbocycles. The minimum Gasteiger partial charge on any atom is -0.355 e. The van der Waals surface area contributed by atoms with Crippen LogP contribution in [0.2, 0.25) is 0 Å². The molecule has 5 nitrogen and oxygen atoms in total. The predicted molar refractivity (Wildman–Crippen MR) is 125 cm³/mol. The maximum Gasteiger partial charge on any atom is 0.227 e. The predicted octanol–water partition coefficient (Wildman–Crippen LogP) is 5.15. The van der Waals surface area contributed by atoms with Gasteiger partial charge in [0.25, 0.3) is 0 Å². The fraction of sp³-hybridized carbons (Fsp3) is 0.192. The molecule has 2 heterocycles. The molecular formula is C26H24N4O. The number of amides is 1. The smallest absolute Gasteiger partial charge is 0.227 e. The van der Waals surface area contributed by atoms with Gasteiger partial charge in [0.15, 0.2) is 5.82 Å². The van der Waals surface area contributed by atoms with E-state index in [0.717, 1.165) is 59.5 Å². The van der Waals surface area contributed by atoms with Gasteiger partial charge in [-0.05, 0) is 36.4 Å². The summed E-state index contributed by atoms with van der Waals surface area (Å²) in [6.45, 7) is 1.60. The number of aromatic nitrogens is 2. The van der Waals surface area contributed by atoms with Gasteiger partial charge in [0.1, 0.15) is 0 Å². The van der Waals surface area contributed by atoms with Gasteiger partial charge in [0, 0.05) is 35.6 Å². The summed E-state index contributed by atoms with van der Waals surface area (Å²) in [5.74, 6) is 0.973. The molecule has 5 heteroatoms. The van der Waals surface area contributed by atoms with Gasteiger partial charge < -0.3 is 10.2 Å². The molecule has 0 aliphatic carbocycles. The molecule has 0 atom stereocenters. The maximum atomic E-state index is 12.9. The highest BCUT2D eigenvalue weighted by Gasteiger charge is 2.26. The summed E-state index contributed by atoms with van der Waals surface area (Å²) in [5.41, 5.74) is 2.81. The molecule has 4 aromatic rings. The molecule has 1 aliphatic rings. The van der Waals surface area contributed by atoms with E-state index in [0.29, 0.717) is 0 Å². The molecule has 1 fully saturated rings. The van der Waals surface area contributed by atoms with E-state index in [1.54, 1.807) is 0 Å². The van der Waals surface area contributed by atoms with Crippen molar-refractivity contribution in [2.24, 2.45) is 5.92 Å². The third-order valence-corrected chi connectivity index (χ3v) is 5.96. The number of nitrogens with one attached hydrogen (secondary N) is 1. The van der Waals surface area contributed by atoms with Crippen LogP contribution in [0.3, 0.4) is 0 Å². The van der Waals surface area contributed by atoms with Crippen LogP contribution in [0, 0.1) is 5.92 Å². The van der Waals surface area contributed by atoms with Crippen molar-refractivity contribution in [1.29, 1.82) is 0 Å². The number of carbonyl (C=O) groups is 1. The lowest BCUT2D eigenvalue weighted by Crippen LogP contribution is -2.38. The molecule has 0 bridgehead atoms. The highest BCUT2D eigenvalue weighted by Crippen LogP contribution is 2.27. The van der Waals surface area contributed by atoms with Crippen LogP contribution in [0.25, 0.3) is 22.0 Å². The molecule has 154 valence electrons. The van der Waals surface area contributed by atoms with Crippen molar-refractivity contribution in [1.82, 2.24) is 10.2 Å². The van der Waals surface area contributed by atoms with Crippen molar-refractivity contribution in [3.63, 3.8) is 0 Å². The van der Waals surface area contributed by atoms with Crippen molar-refractivity contribution in [3.05, 3.63) is 84.9 Å². The Labute approximate surface area is 181 Å². The molecule has 5 rings (SSSR count). The Balaban J connectivity index is 1.21. The lowest BCUT2D eigenvalue weighted by atomic mass is 9.95. The van der Waals surface area contributed by atoms with Gasteiger partial charge in [-0.2, -0.15) is 0 Å². The first kappa shape index (κ1) is 19.2. The fourth-order valence-electron chi connectivity index (χ4n) is 4.20. The Morgan fingerprint density at radius 3 is 2.32 bits per heavy atom. The maximum absolute atomic E-state index is 12.9. The van der Waals surface area contributed by atoms with Crippen molar-refractivity contribution in [2.75, 3.05) is 23.3 Å². The number of piperidine rings is 1. The number of rotatable bonds is 4. The van der Waals surface area contributed by atoms with Crippen molar-refractivity contribution in [3.8, 4) is 11.3 Å². The zero-order chi connectivity index (χ0) is 21.0. The number of fused-ring (bicyclic) bond motifs is 1. The molecule has 1 N–H and O–H groups in total. The number of hydrogen-bond acceptors (Lipinski definition) is 4. The molecule has 0 unspecified atom stereocenters. The van der Waals surface area contributed by atoms with Gasteiger partial charge >= 0.3 is 0 Å². The molecule has 0 spiro atoms. The lowest BCUT2D eigenvalue weighted by molar-refractivity contribution is -0.120. The summed E-state index contributed by atoms with van der Waals surface area (Å²) >= 11 is 0. The number of nitrogens with zero attached hydrogens (tertiary/aromatic N) is 3. The summed E-state index contributed by atoms with van der Waals surface area (Å²) in [4.78, 5) is 15.1. The standard InChI is InChI=1S/C26H24N4O/c31-26(27-24-12-6-10-19-7-4-5-11-22(19)24)21-15-17-30(18-16-21)25-14-13-23(28-29-25)20-8-2-1-3-9-20/h1-14,21H,15-18H2,(H,27,31). The van der Waals surface area contributed by atoms with Crippen LogP contribution >= 0.6 is 0 Å². The Morgan fingerprint density at radius 1 is 0.806 bits per heavy atom. The van der Waals surface area contributed by atoms with Gasteiger partial charge in [-0.15, -0.1) is 10.2 Å². The van der Waals surface area contributed by atoms with E-state index in [1.807, 2.05) is 72.8 Å². The third kappa shape index (κ3) is 4.12. The summed E-state index contributed by atoms with van der Waals surface area (Å²) in [5, 5.41) is 14.2. The van der Waals surface area contributed by atoms with E-state index in [4.69, 9.17) is 0 Å². The van der Waals surface area contributed by atoms with E-state index in [1.165, 1.54) is 0 Å². The zero-order valence-electron chi connectivity index (χ0n) is 17.2. The summed E-state index contributed by atoms with van der Waals surface area (Å²) in [7, 11) is 0. The van der Waals surface area contributed by atoms with Gasteiger partial charge in [0.05, 0.1) is 5.69 Å².